The third-order valence-corrected chi connectivity index (χ3v) is 6.31. The quantitative estimate of drug-likeness (QED) is 0.483. The zero-order chi connectivity index (χ0) is 19.8. The fourth-order valence-electron chi connectivity index (χ4n) is 4.51. The highest BCUT2D eigenvalue weighted by Gasteiger charge is 2.48. The van der Waals surface area contributed by atoms with Gasteiger partial charge in [0.2, 0.25) is 5.28 Å². The molecule has 2 bridgehead atoms. The zero-order valence-electron chi connectivity index (χ0n) is 15.3. The fraction of sp³-hybridized carbons (Fsp3) is 0.526. The summed E-state index contributed by atoms with van der Waals surface area (Å²) < 4.78 is 26.4. The van der Waals surface area contributed by atoms with Crippen molar-refractivity contribution in [2.24, 2.45) is 17.8 Å². The van der Waals surface area contributed by atoms with Crippen molar-refractivity contribution < 1.29 is 18.3 Å². The molecule has 2 aromatic heterocycles. The van der Waals surface area contributed by atoms with Gasteiger partial charge in [-0.05, 0) is 84.1 Å². The molecule has 3 saturated carbocycles. The van der Waals surface area contributed by atoms with Crippen LogP contribution in [0.5, 0.6) is 0 Å². The van der Waals surface area contributed by atoms with Crippen LogP contribution in [0.1, 0.15) is 32.6 Å². The summed E-state index contributed by atoms with van der Waals surface area (Å²) in [6, 6.07) is 3.00. The van der Waals surface area contributed by atoms with Crippen molar-refractivity contribution in [3.8, 4) is 11.5 Å². The molecule has 3 fully saturated rings. The summed E-state index contributed by atoms with van der Waals surface area (Å²) in [6.07, 6.45) is 3.98. The van der Waals surface area contributed by atoms with Crippen LogP contribution in [-0.2, 0) is 9.53 Å². The van der Waals surface area contributed by atoms with Crippen molar-refractivity contribution >= 4 is 39.3 Å². The third kappa shape index (κ3) is 3.64. The second kappa shape index (κ2) is 7.99. The number of aromatic nitrogens is 2. The van der Waals surface area contributed by atoms with E-state index < -0.39 is 5.82 Å². The van der Waals surface area contributed by atoms with Crippen LogP contribution in [0.15, 0.2) is 21.2 Å². The Morgan fingerprint density at radius 2 is 2.04 bits per heavy atom. The van der Waals surface area contributed by atoms with Crippen molar-refractivity contribution in [3.63, 3.8) is 0 Å². The lowest BCUT2D eigenvalue weighted by Crippen LogP contribution is -2.52. The number of carbonyl (C=O) groups is 1. The van der Waals surface area contributed by atoms with Crippen molar-refractivity contribution in [2.75, 3.05) is 11.9 Å². The lowest BCUT2D eigenvalue weighted by molar-refractivity contribution is -0.154. The molecule has 0 unspecified atom stereocenters. The number of esters is 1. The third-order valence-electron chi connectivity index (χ3n) is 5.71. The molecule has 6 nitrogen and oxygen atoms in total. The molecule has 0 aliphatic heterocycles. The van der Waals surface area contributed by atoms with Crippen molar-refractivity contribution in [1.82, 2.24) is 9.97 Å². The molecule has 0 aromatic carbocycles. The number of rotatable bonds is 5. The van der Waals surface area contributed by atoms with Crippen LogP contribution in [0.3, 0.4) is 0 Å². The number of halogens is 3. The first kappa shape index (κ1) is 19.6. The highest BCUT2D eigenvalue weighted by molar-refractivity contribution is 9.10. The van der Waals surface area contributed by atoms with Crippen LogP contribution >= 0.6 is 27.5 Å². The minimum absolute atomic E-state index is 0.0191. The molecule has 2 aromatic rings. The summed E-state index contributed by atoms with van der Waals surface area (Å²) in [7, 11) is 0. The van der Waals surface area contributed by atoms with E-state index in [0.29, 0.717) is 11.3 Å². The Morgan fingerprint density at radius 1 is 1.32 bits per heavy atom. The van der Waals surface area contributed by atoms with Gasteiger partial charge in [0.25, 0.3) is 0 Å². The van der Waals surface area contributed by atoms with Gasteiger partial charge in [-0.15, -0.1) is 0 Å². The van der Waals surface area contributed by atoms with Gasteiger partial charge in [-0.1, -0.05) is 0 Å². The van der Waals surface area contributed by atoms with Gasteiger partial charge in [-0.3, -0.25) is 4.79 Å². The largest absolute Gasteiger partial charge is 0.466 e. The molecular weight excluding hydrogens is 453 g/mol. The first-order valence-corrected chi connectivity index (χ1v) is 10.6. The van der Waals surface area contributed by atoms with Crippen LogP contribution in [0.4, 0.5) is 10.2 Å². The van der Waals surface area contributed by atoms with Crippen molar-refractivity contribution in [2.45, 2.75) is 38.6 Å². The molecule has 9 heteroatoms. The monoisotopic (exact) mass is 471 g/mol. The molecule has 1 N–H and O–H groups in total. The molecule has 2 atom stereocenters. The summed E-state index contributed by atoms with van der Waals surface area (Å²) in [4.78, 5) is 20.6. The number of ether oxygens (including phenoxy) is 1. The summed E-state index contributed by atoms with van der Waals surface area (Å²) in [5, 5.41) is 3.07. The number of hydrogen-bond donors (Lipinski definition) is 1. The van der Waals surface area contributed by atoms with Crippen LogP contribution in [0.2, 0.25) is 5.28 Å². The molecule has 0 spiro atoms. The first-order valence-electron chi connectivity index (χ1n) is 9.39. The summed E-state index contributed by atoms with van der Waals surface area (Å²) >= 11 is 9.25. The van der Waals surface area contributed by atoms with E-state index in [1.54, 1.807) is 19.1 Å². The molecule has 0 saturated heterocycles. The zero-order valence-corrected chi connectivity index (χ0v) is 17.6. The number of hydrogen-bond acceptors (Lipinski definition) is 6. The number of anilines is 1. The molecule has 2 heterocycles. The Bertz CT molecular complexity index is 885. The smallest absolute Gasteiger partial charge is 0.311 e. The van der Waals surface area contributed by atoms with Gasteiger partial charge in [0.05, 0.1) is 12.5 Å². The van der Waals surface area contributed by atoms with Gasteiger partial charge in [-0.2, -0.15) is 4.98 Å². The summed E-state index contributed by atoms with van der Waals surface area (Å²) in [5.74, 6) is -0.489. The second-order valence-electron chi connectivity index (χ2n) is 7.23. The van der Waals surface area contributed by atoms with Gasteiger partial charge in [0, 0.05) is 6.04 Å². The molecule has 150 valence electrons. The Labute approximate surface area is 175 Å². The molecule has 0 amide bonds. The van der Waals surface area contributed by atoms with E-state index in [1.165, 1.54) is 0 Å². The maximum Gasteiger partial charge on any atom is 0.311 e. The van der Waals surface area contributed by atoms with E-state index >= 15 is 4.39 Å². The maximum atomic E-state index is 15.2. The van der Waals surface area contributed by atoms with E-state index in [2.05, 4.69) is 31.2 Å². The Balaban J connectivity index is 1.67. The summed E-state index contributed by atoms with van der Waals surface area (Å²) in [5.41, 5.74) is -0.0261. The standard InChI is InChI=1S/C19H20BrClFN3O3/c1-2-27-18(26)13-9-3-5-10(6-4-9)15(13)23-17-14(22)16(24-19(21)25-17)11-7-8-12(20)28-11/h7-10,13,15H,2-6H2,1H3,(H,23,24,25)/t9?,10?,13-,15-/m0/s1. The normalized spacial score (nSPS) is 26.3. The van der Waals surface area contributed by atoms with E-state index in [4.69, 9.17) is 20.8 Å². The van der Waals surface area contributed by atoms with Crippen molar-refractivity contribution in [3.05, 3.63) is 27.9 Å². The second-order valence-corrected chi connectivity index (χ2v) is 8.35. The first-order chi connectivity index (χ1) is 13.5. The Morgan fingerprint density at radius 3 is 2.68 bits per heavy atom. The molecule has 5 rings (SSSR count). The predicted octanol–water partition coefficient (Wildman–Crippen LogP) is 5.07. The molecular formula is C19H20BrClFN3O3. The SMILES string of the molecule is CCOC(=O)[C@H]1C2CCC(CC2)[C@@H]1Nc1nc(Cl)nc(-c2ccc(Br)o2)c1F. The predicted molar refractivity (Wildman–Crippen MR) is 105 cm³/mol. The topological polar surface area (TPSA) is 77.2 Å². The maximum absolute atomic E-state index is 15.2. The van der Waals surface area contributed by atoms with E-state index in [0.717, 1.165) is 25.7 Å². The fourth-order valence-corrected chi connectivity index (χ4v) is 4.99. The lowest BCUT2D eigenvalue weighted by atomic mass is 9.61. The number of nitrogens with one attached hydrogen (secondary N) is 1. The average molecular weight is 473 g/mol. The number of fused-ring (bicyclic) bond motifs is 3. The molecule has 3 aliphatic rings. The average Bonchev–Trinajstić information content (AvgIpc) is 3.11. The van der Waals surface area contributed by atoms with E-state index in [1.807, 2.05) is 0 Å². The number of carbonyl (C=O) groups excluding carboxylic acids is 1. The number of furan rings is 1. The van der Waals surface area contributed by atoms with Crippen LogP contribution in [0, 0.1) is 23.6 Å². The van der Waals surface area contributed by atoms with E-state index in [-0.39, 0.29) is 52.3 Å². The highest BCUT2D eigenvalue weighted by Crippen LogP contribution is 2.47. The van der Waals surface area contributed by atoms with Gasteiger partial charge in [-0.25, -0.2) is 9.37 Å². The lowest BCUT2D eigenvalue weighted by Gasteiger charge is -2.47. The Kier molecular flexibility index (Phi) is 5.60. The van der Waals surface area contributed by atoms with Gasteiger partial charge in [0.1, 0.15) is 5.69 Å². The van der Waals surface area contributed by atoms with Crippen molar-refractivity contribution in [1.29, 1.82) is 0 Å². The van der Waals surface area contributed by atoms with Gasteiger partial charge < -0.3 is 14.5 Å². The molecule has 0 radical (unpaired) electrons. The number of nitrogens with zero attached hydrogens (tertiary/aromatic N) is 2. The Hall–Kier alpha value is -1.67. The van der Waals surface area contributed by atoms with Gasteiger partial charge in [0.15, 0.2) is 22.1 Å². The van der Waals surface area contributed by atoms with Gasteiger partial charge >= 0.3 is 5.97 Å². The summed E-state index contributed by atoms with van der Waals surface area (Å²) in [6.45, 7) is 2.11. The molecule has 28 heavy (non-hydrogen) atoms. The van der Waals surface area contributed by atoms with Crippen LogP contribution in [-0.4, -0.2) is 28.6 Å². The molecule has 3 aliphatic carbocycles. The minimum atomic E-state index is -0.657. The highest BCUT2D eigenvalue weighted by atomic mass is 79.9. The van der Waals surface area contributed by atoms with E-state index in [9.17, 15) is 4.79 Å². The van der Waals surface area contributed by atoms with Crippen LogP contribution in [0.25, 0.3) is 11.5 Å². The van der Waals surface area contributed by atoms with Crippen LogP contribution < -0.4 is 5.32 Å². The minimum Gasteiger partial charge on any atom is -0.466 e.